The number of nitrogens with one attached hydrogen (secondary N) is 2. The van der Waals surface area contributed by atoms with Crippen molar-refractivity contribution in [3.05, 3.63) is 29.6 Å². The van der Waals surface area contributed by atoms with Crippen LogP contribution >= 0.6 is 12.2 Å². The van der Waals surface area contributed by atoms with Gasteiger partial charge in [0, 0.05) is 12.7 Å². The number of hydrogen-bond donors (Lipinski definition) is 2. The van der Waals surface area contributed by atoms with E-state index in [1.54, 1.807) is 0 Å². The van der Waals surface area contributed by atoms with Crippen molar-refractivity contribution in [2.75, 3.05) is 6.54 Å². The average molecular weight is 237 g/mol. The number of hydrogen-bond acceptors (Lipinski definition) is 2. The molecule has 0 fully saturated rings. The van der Waals surface area contributed by atoms with Gasteiger partial charge in [-0.05, 0) is 36.7 Å². The highest BCUT2D eigenvalue weighted by molar-refractivity contribution is 7.80. The summed E-state index contributed by atoms with van der Waals surface area (Å²) in [4.78, 5) is 4.35. The highest BCUT2D eigenvalue weighted by atomic mass is 32.1. The summed E-state index contributed by atoms with van der Waals surface area (Å²) in [5, 5.41) is 7.00. The quantitative estimate of drug-likeness (QED) is 0.768. The topological polar surface area (TPSA) is 37.0 Å². The second kappa shape index (κ2) is 7.17. The summed E-state index contributed by atoms with van der Waals surface area (Å²) in [6.07, 6.45) is 3.89. The van der Waals surface area contributed by atoms with Gasteiger partial charge in [-0.1, -0.05) is 19.9 Å². The molecule has 0 atom stereocenters. The summed E-state index contributed by atoms with van der Waals surface area (Å²) in [7, 11) is 0. The molecule has 16 heavy (non-hydrogen) atoms. The SMILES string of the molecule is CCCNC(=S)NCc1ncccc1CC. The Hall–Kier alpha value is -1.16. The molecule has 4 heteroatoms. The van der Waals surface area contributed by atoms with Crippen LogP contribution < -0.4 is 10.6 Å². The smallest absolute Gasteiger partial charge is 0.166 e. The van der Waals surface area contributed by atoms with Crippen molar-refractivity contribution in [2.24, 2.45) is 0 Å². The van der Waals surface area contributed by atoms with Gasteiger partial charge in [0.1, 0.15) is 0 Å². The van der Waals surface area contributed by atoms with Crippen LogP contribution in [0.1, 0.15) is 31.5 Å². The second-order valence-electron chi connectivity index (χ2n) is 3.57. The van der Waals surface area contributed by atoms with Gasteiger partial charge in [0.2, 0.25) is 0 Å². The molecule has 0 aliphatic heterocycles. The van der Waals surface area contributed by atoms with Crippen molar-refractivity contribution in [3.63, 3.8) is 0 Å². The predicted molar refractivity (Wildman–Crippen MR) is 71.3 cm³/mol. The summed E-state index contributed by atoms with van der Waals surface area (Å²) in [6.45, 7) is 5.85. The molecule has 1 heterocycles. The first-order valence-electron chi connectivity index (χ1n) is 5.72. The molecule has 0 radical (unpaired) electrons. The highest BCUT2D eigenvalue weighted by Crippen LogP contribution is 2.05. The Morgan fingerprint density at radius 2 is 2.19 bits per heavy atom. The van der Waals surface area contributed by atoms with E-state index in [1.165, 1.54) is 5.56 Å². The number of rotatable bonds is 5. The van der Waals surface area contributed by atoms with Crippen LogP contribution in [0.25, 0.3) is 0 Å². The maximum Gasteiger partial charge on any atom is 0.166 e. The Morgan fingerprint density at radius 1 is 1.38 bits per heavy atom. The third-order valence-corrected chi connectivity index (χ3v) is 2.61. The fourth-order valence-corrected chi connectivity index (χ4v) is 1.59. The summed E-state index contributed by atoms with van der Waals surface area (Å²) < 4.78 is 0. The summed E-state index contributed by atoms with van der Waals surface area (Å²) >= 11 is 5.15. The van der Waals surface area contributed by atoms with E-state index in [-0.39, 0.29) is 0 Å². The van der Waals surface area contributed by atoms with Gasteiger partial charge in [0.15, 0.2) is 5.11 Å². The Balaban J connectivity index is 2.44. The van der Waals surface area contributed by atoms with Gasteiger partial charge in [-0.15, -0.1) is 0 Å². The number of aromatic nitrogens is 1. The van der Waals surface area contributed by atoms with E-state index < -0.39 is 0 Å². The van der Waals surface area contributed by atoms with E-state index in [0.29, 0.717) is 11.7 Å². The molecule has 2 N–H and O–H groups in total. The monoisotopic (exact) mass is 237 g/mol. The van der Waals surface area contributed by atoms with E-state index in [1.807, 2.05) is 12.3 Å². The van der Waals surface area contributed by atoms with Crippen LogP contribution in [0.3, 0.4) is 0 Å². The fourth-order valence-electron chi connectivity index (χ4n) is 1.42. The Labute approximate surface area is 103 Å². The van der Waals surface area contributed by atoms with Crippen LogP contribution in [0.15, 0.2) is 18.3 Å². The molecule has 1 rings (SSSR count). The molecular weight excluding hydrogens is 218 g/mol. The van der Waals surface area contributed by atoms with Crippen LogP contribution in [0.2, 0.25) is 0 Å². The molecule has 88 valence electrons. The molecule has 0 bridgehead atoms. The van der Waals surface area contributed by atoms with E-state index in [4.69, 9.17) is 12.2 Å². The van der Waals surface area contributed by atoms with Crippen LogP contribution in [0.4, 0.5) is 0 Å². The lowest BCUT2D eigenvalue weighted by Crippen LogP contribution is -2.35. The molecule has 0 unspecified atom stereocenters. The third kappa shape index (κ3) is 4.14. The van der Waals surface area contributed by atoms with Crippen LogP contribution in [-0.4, -0.2) is 16.6 Å². The van der Waals surface area contributed by atoms with E-state index >= 15 is 0 Å². The van der Waals surface area contributed by atoms with Crippen molar-refractivity contribution in [3.8, 4) is 0 Å². The Kier molecular flexibility index (Phi) is 5.78. The molecule has 0 aliphatic carbocycles. The van der Waals surface area contributed by atoms with Crippen molar-refractivity contribution >= 4 is 17.3 Å². The zero-order chi connectivity index (χ0) is 11.8. The molecule has 3 nitrogen and oxygen atoms in total. The molecule has 0 aliphatic rings. The number of nitrogens with zero attached hydrogens (tertiary/aromatic N) is 1. The standard InChI is InChI=1S/C12H19N3S/c1-3-7-14-12(16)15-9-11-10(4-2)6-5-8-13-11/h5-6,8H,3-4,7,9H2,1-2H3,(H2,14,15,16). The lowest BCUT2D eigenvalue weighted by molar-refractivity contribution is 0.783. The van der Waals surface area contributed by atoms with Gasteiger partial charge in [-0.3, -0.25) is 4.98 Å². The maximum absolute atomic E-state index is 5.15. The van der Waals surface area contributed by atoms with Crippen molar-refractivity contribution in [2.45, 2.75) is 33.2 Å². The summed E-state index contributed by atoms with van der Waals surface area (Å²) in [6, 6.07) is 4.07. The predicted octanol–water partition coefficient (Wildman–Crippen LogP) is 2.02. The van der Waals surface area contributed by atoms with Gasteiger partial charge < -0.3 is 10.6 Å². The van der Waals surface area contributed by atoms with Gasteiger partial charge in [-0.25, -0.2) is 0 Å². The van der Waals surface area contributed by atoms with Crippen LogP contribution in [0, 0.1) is 0 Å². The minimum absolute atomic E-state index is 0.694. The fraction of sp³-hybridized carbons (Fsp3) is 0.500. The first-order valence-corrected chi connectivity index (χ1v) is 6.13. The minimum Gasteiger partial charge on any atom is -0.363 e. The van der Waals surface area contributed by atoms with Crippen molar-refractivity contribution in [1.29, 1.82) is 0 Å². The molecule has 0 amide bonds. The summed E-state index contributed by atoms with van der Waals surface area (Å²) in [5.74, 6) is 0. The van der Waals surface area contributed by atoms with Crippen molar-refractivity contribution in [1.82, 2.24) is 15.6 Å². The van der Waals surface area contributed by atoms with Crippen LogP contribution in [-0.2, 0) is 13.0 Å². The highest BCUT2D eigenvalue weighted by Gasteiger charge is 2.01. The average Bonchev–Trinajstić information content (AvgIpc) is 2.34. The molecule has 1 aromatic rings. The molecule has 0 saturated carbocycles. The van der Waals surface area contributed by atoms with Crippen molar-refractivity contribution < 1.29 is 0 Å². The van der Waals surface area contributed by atoms with Gasteiger partial charge in [-0.2, -0.15) is 0 Å². The largest absolute Gasteiger partial charge is 0.363 e. The van der Waals surface area contributed by atoms with Gasteiger partial charge in [0.05, 0.1) is 12.2 Å². The van der Waals surface area contributed by atoms with Gasteiger partial charge in [0.25, 0.3) is 0 Å². The molecule has 0 saturated heterocycles. The molecule has 0 spiro atoms. The van der Waals surface area contributed by atoms with E-state index in [9.17, 15) is 0 Å². The number of aryl methyl sites for hydroxylation is 1. The lowest BCUT2D eigenvalue weighted by Gasteiger charge is -2.11. The lowest BCUT2D eigenvalue weighted by atomic mass is 10.1. The molecule has 1 aromatic heterocycles. The number of thiocarbonyl (C=S) groups is 1. The minimum atomic E-state index is 0.694. The third-order valence-electron chi connectivity index (χ3n) is 2.32. The normalized spacial score (nSPS) is 9.88. The van der Waals surface area contributed by atoms with Gasteiger partial charge >= 0.3 is 0 Å². The molecular formula is C12H19N3S. The zero-order valence-electron chi connectivity index (χ0n) is 9.92. The Bertz CT molecular complexity index is 339. The van der Waals surface area contributed by atoms with Crippen LogP contribution in [0.5, 0.6) is 0 Å². The van der Waals surface area contributed by atoms with E-state index in [2.05, 4.69) is 35.5 Å². The second-order valence-corrected chi connectivity index (χ2v) is 3.98. The number of pyridine rings is 1. The zero-order valence-corrected chi connectivity index (χ0v) is 10.7. The van der Waals surface area contributed by atoms with E-state index in [0.717, 1.165) is 25.1 Å². The first kappa shape index (κ1) is 12.9. The maximum atomic E-state index is 5.15. The first-order chi connectivity index (χ1) is 7.77. The summed E-state index contributed by atoms with van der Waals surface area (Å²) in [5.41, 5.74) is 2.35. The Morgan fingerprint density at radius 3 is 2.88 bits per heavy atom. The molecule has 0 aromatic carbocycles.